The summed E-state index contributed by atoms with van der Waals surface area (Å²) in [4.78, 5) is 11.4. The van der Waals surface area contributed by atoms with Gasteiger partial charge in [-0.1, -0.05) is 24.3 Å². The molecular formula is C18H18N2O. The van der Waals surface area contributed by atoms with Gasteiger partial charge in [0.1, 0.15) is 0 Å². The Morgan fingerprint density at radius 1 is 1.14 bits per heavy atom. The Morgan fingerprint density at radius 2 is 1.95 bits per heavy atom. The van der Waals surface area contributed by atoms with Gasteiger partial charge >= 0.3 is 0 Å². The average molecular weight is 278 g/mol. The standard InChI is InChI=1S/C18H18N2O/c1-2-20-16-6-4-3-5-13(16)14-11-12(7-9-17(14)20)15-8-10-18(21)19-15/h3-7,9,11,15H,2,8,10H2,1H3,(H,19,21). The topological polar surface area (TPSA) is 34.0 Å². The van der Waals surface area contributed by atoms with Crippen LogP contribution in [-0.4, -0.2) is 10.5 Å². The number of aromatic nitrogens is 1. The Labute approximate surface area is 123 Å². The molecule has 1 aliphatic rings. The number of carbonyl (C=O) groups is 1. The van der Waals surface area contributed by atoms with E-state index in [4.69, 9.17) is 0 Å². The normalized spacial score (nSPS) is 18.5. The van der Waals surface area contributed by atoms with Crippen molar-refractivity contribution in [2.75, 3.05) is 0 Å². The van der Waals surface area contributed by atoms with Crippen molar-refractivity contribution < 1.29 is 4.79 Å². The molecule has 106 valence electrons. The maximum atomic E-state index is 11.4. The third-order valence-electron chi connectivity index (χ3n) is 4.51. The molecule has 4 rings (SSSR count). The zero-order chi connectivity index (χ0) is 14.4. The number of fused-ring (bicyclic) bond motifs is 3. The highest BCUT2D eigenvalue weighted by Crippen LogP contribution is 2.32. The van der Waals surface area contributed by atoms with E-state index in [1.165, 1.54) is 27.4 Å². The fourth-order valence-electron chi connectivity index (χ4n) is 3.49. The molecule has 21 heavy (non-hydrogen) atoms. The molecule has 2 heterocycles. The van der Waals surface area contributed by atoms with E-state index in [1.807, 2.05) is 0 Å². The average Bonchev–Trinajstić information content (AvgIpc) is 3.08. The number of hydrogen-bond acceptors (Lipinski definition) is 1. The van der Waals surface area contributed by atoms with Gasteiger partial charge in [-0.05, 0) is 37.1 Å². The van der Waals surface area contributed by atoms with Crippen molar-refractivity contribution in [2.45, 2.75) is 32.4 Å². The van der Waals surface area contributed by atoms with Gasteiger partial charge < -0.3 is 9.88 Å². The van der Waals surface area contributed by atoms with E-state index in [2.05, 4.69) is 59.3 Å². The number of para-hydroxylation sites is 1. The van der Waals surface area contributed by atoms with Crippen LogP contribution >= 0.6 is 0 Å². The van der Waals surface area contributed by atoms with E-state index in [9.17, 15) is 4.79 Å². The number of carbonyl (C=O) groups excluding carboxylic acids is 1. The summed E-state index contributed by atoms with van der Waals surface area (Å²) in [7, 11) is 0. The molecule has 0 radical (unpaired) electrons. The highest BCUT2D eigenvalue weighted by molar-refractivity contribution is 6.08. The van der Waals surface area contributed by atoms with Crippen molar-refractivity contribution in [3.05, 3.63) is 48.0 Å². The summed E-state index contributed by atoms with van der Waals surface area (Å²) in [6.07, 6.45) is 1.54. The Kier molecular flexibility index (Phi) is 2.74. The zero-order valence-corrected chi connectivity index (χ0v) is 12.1. The lowest BCUT2D eigenvalue weighted by Gasteiger charge is -2.11. The van der Waals surface area contributed by atoms with Crippen molar-refractivity contribution in [1.29, 1.82) is 0 Å². The summed E-state index contributed by atoms with van der Waals surface area (Å²) in [5.74, 6) is 0.163. The highest BCUT2D eigenvalue weighted by Gasteiger charge is 2.23. The molecule has 1 unspecified atom stereocenters. The summed E-state index contributed by atoms with van der Waals surface area (Å²) in [5, 5.41) is 5.63. The van der Waals surface area contributed by atoms with Crippen LogP contribution in [0, 0.1) is 0 Å². The Hall–Kier alpha value is -2.29. The molecule has 1 fully saturated rings. The van der Waals surface area contributed by atoms with Crippen LogP contribution in [0.1, 0.15) is 31.4 Å². The van der Waals surface area contributed by atoms with Crippen LogP contribution < -0.4 is 5.32 Å². The zero-order valence-electron chi connectivity index (χ0n) is 12.1. The third-order valence-corrected chi connectivity index (χ3v) is 4.51. The van der Waals surface area contributed by atoms with E-state index in [0.29, 0.717) is 6.42 Å². The molecule has 2 aromatic carbocycles. The van der Waals surface area contributed by atoms with Gasteiger partial charge in [0.05, 0.1) is 6.04 Å². The Bertz CT molecular complexity index is 847. The number of amides is 1. The maximum Gasteiger partial charge on any atom is 0.220 e. The summed E-state index contributed by atoms with van der Waals surface area (Å²) in [6.45, 7) is 3.14. The highest BCUT2D eigenvalue weighted by atomic mass is 16.1. The number of nitrogens with one attached hydrogen (secondary N) is 1. The SMILES string of the molecule is CCn1c2ccccc2c2cc(C3CCC(=O)N3)ccc21. The predicted octanol–water partition coefficient (Wildman–Crippen LogP) is 3.77. The molecule has 3 nitrogen and oxygen atoms in total. The number of hydrogen-bond donors (Lipinski definition) is 1. The molecule has 1 amide bonds. The molecular weight excluding hydrogens is 260 g/mol. The minimum absolute atomic E-state index is 0.163. The molecule has 1 N–H and O–H groups in total. The summed E-state index contributed by atoms with van der Waals surface area (Å²) in [6, 6.07) is 15.3. The van der Waals surface area contributed by atoms with Crippen LogP contribution in [0.3, 0.4) is 0 Å². The van der Waals surface area contributed by atoms with E-state index >= 15 is 0 Å². The smallest absolute Gasteiger partial charge is 0.220 e. The van der Waals surface area contributed by atoms with Gasteiger partial charge in [-0.25, -0.2) is 0 Å². The van der Waals surface area contributed by atoms with Gasteiger partial charge in [-0.15, -0.1) is 0 Å². The summed E-state index contributed by atoms with van der Waals surface area (Å²) in [5.41, 5.74) is 3.77. The van der Waals surface area contributed by atoms with Gasteiger partial charge in [-0.2, -0.15) is 0 Å². The molecule has 1 aliphatic heterocycles. The molecule has 0 aliphatic carbocycles. The number of rotatable bonds is 2. The molecule has 1 saturated heterocycles. The lowest BCUT2D eigenvalue weighted by molar-refractivity contribution is -0.119. The van der Waals surface area contributed by atoms with Crippen LogP contribution in [0.4, 0.5) is 0 Å². The largest absolute Gasteiger partial charge is 0.349 e. The summed E-state index contributed by atoms with van der Waals surface area (Å²) < 4.78 is 2.35. The second kappa shape index (κ2) is 4.62. The van der Waals surface area contributed by atoms with E-state index in [-0.39, 0.29) is 11.9 Å². The van der Waals surface area contributed by atoms with Gasteiger partial charge in [0, 0.05) is 34.8 Å². The van der Waals surface area contributed by atoms with Crippen molar-refractivity contribution in [3.63, 3.8) is 0 Å². The summed E-state index contributed by atoms with van der Waals surface area (Å²) >= 11 is 0. The molecule has 1 aromatic heterocycles. The number of benzene rings is 2. The molecule has 0 bridgehead atoms. The first-order valence-electron chi connectivity index (χ1n) is 7.58. The maximum absolute atomic E-state index is 11.4. The number of nitrogens with zero attached hydrogens (tertiary/aromatic N) is 1. The number of aryl methyl sites for hydroxylation is 1. The van der Waals surface area contributed by atoms with Crippen molar-refractivity contribution in [1.82, 2.24) is 9.88 Å². The minimum Gasteiger partial charge on any atom is -0.349 e. The fraction of sp³-hybridized carbons (Fsp3) is 0.278. The van der Waals surface area contributed by atoms with Crippen molar-refractivity contribution in [2.24, 2.45) is 0 Å². The Balaban J connectivity index is 1.95. The second-order valence-corrected chi connectivity index (χ2v) is 5.70. The van der Waals surface area contributed by atoms with E-state index in [1.54, 1.807) is 0 Å². The minimum atomic E-state index is 0.163. The van der Waals surface area contributed by atoms with Gasteiger partial charge in [0.25, 0.3) is 0 Å². The van der Waals surface area contributed by atoms with Gasteiger partial charge in [0.2, 0.25) is 5.91 Å². The first kappa shape index (κ1) is 12.5. The quantitative estimate of drug-likeness (QED) is 0.760. The van der Waals surface area contributed by atoms with Crippen LogP contribution in [0.2, 0.25) is 0 Å². The van der Waals surface area contributed by atoms with Gasteiger partial charge in [-0.3, -0.25) is 4.79 Å². The Morgan fingerprint density at radius 3 is 2.71 bits per heavy atom. The molecule has 3 aromatic rings. The van der Waals surface area contributed by atoms with Crippen molar-refractivity contribution in [3.8, 4) is 0 Å². The van der Waals surface area contributed by atoms with Gasteiger partial charge in [0.15, 0.2) is 0 Å². The molecule has 0 spiro atoms. The van der Waals surface area contributed by atoms with Crippen LogP contribution in [0.15, 0.2) is 42.5 Å². The first-order chi connectivity index (χ1) is 10.3. The molecule has 0 saturated carbocycles. The molecule has 3 heteroatoms. The fourth-order valence-corrected chi connectivity index (χ4v) is 3.49. The predicted molar refractivity (Wildman–Crippen MR) is 85.2 cm³/mol. The monoisotopic (exact) mass is 278 g/mol. The lowest BCUT2D eigenvalue weighted by atomic mass is 10.0. The lowest BCUT2D eigenvalue weighted by Crippen LogP contribution is -2.18. The van der Waals surface area contributed by atoms with Crippen LogP contribution in [0.25, 0.3) is 21.8 Å². The first-order valence-corrected chi connectivity index (χ1v) is 7.58. The van der Waals surface area contributed by atoms with Crippen LogP contribution in [-0.2, 0) is 11.3 Å². The van der Waals surface area contributed by atoms with Crippen LogP contribution in [0.5, 0.6) is 0 Å². The van der Waals surface area contributed by atoms with E-state index < -0.39 is 0 Å². The van der Waals surface area contributed by atoms with Crippen molar-refractivity contribution >= 4 is 27.7 Å². The second-order valence-electron chi connectivity index (χ2n) is 5.70. The van der Waals surface area contributed by atoms with E-state index in [0.717, 1.165) is 13.0 Å². The third kappa shape index (κ3) is 1.84. The molecule has 1 atom stereocenters.